The van der Waals surface area contributed by atoms with E-state index in [1.54, 1.807) is 13.2 Å². The molecule has 3 nitrogen and oxygen atoms in total. The van der Waals surface area contributed by atoms with Gasteiger partial charge in [0.05, 0.1) is 0 Å². The topological polar surface area (TPSA) is 38.9 Å². The Balaban J connectivity index is 2.45. The second-order valence-corrected chi connectivity index (χ2v) is 2.73. The molecular formula is C7H5N2OS. The molecule has 4 heteroatoms. The number of rotatable bonds is 1. The first-order valence-corrected chi connectivity index (χ1v) is 3.98. The second kappa shape index (κ2) is 2.47. The van der Waals surface area contributed by atoms with Gasteiger partial charge in [-0.15, -0.1) is 11.3 Å². The molecule has 2 heterocycles. The molecule has 1 radical (unpaired) electrons. The largest absolute Gasteiger partial charge is 0.449 e. The minimum Gasteiger partial charge on any atom is -0.449 e. The molecule has 0 aliphatic rings. The Morgan fingerprint density at radius 1 is 1.55 bits per heavy atom. The predicted molar refractivity (Wildman–Crippen MR) is 41.2 cm³/mol. The molecule has 0 bridgehead atoms. The molecule has 0 aromatic carbocycles. The SMILES string of the molecule is Cc1nc(-c2cs[c]n2)co1. The van der Waals surface area contributed by atoms with Gasteiger partial charge in [0.15, 0.2) is 11.4 Å². The van der Waals surface area contributed by atoms with Crippen LogP contribution < -0.4 is 0 Å². The van der Waals surface area contributed by atoms with E-state index in [9.17, 15) is 0 Å². The second-order valence-electron chi connectivity index (χ2n) is 2.08. The average molecular weight is 165 g/mol. The van der Waals surface area contributed by atoms with E-state index >= 15 is 0 Å². The standard InChI is InChI=1S/C7H5N2OS/c1-5-9-6(2-10-5)7-3-11-4-8-7/h2-3H,1H3. The normalized spacial score (nSPS) is 10.3. The van der Waals surface area contributed by atoms with Crippen LogP contribution in [0.15, 0.2) is 16.1 Å². The first-order valence-electron chi connectivity index (χ1n) is 3.10. The lowest BCUT2D eigenvalue weighted by Gasteiger charge is -1.81. The third-order valence-corrected chi connectivity index (χ3v) is 1.81. The highest BCUT2D eigenvalue weighted by Gasteiger charge is 2.03. The lowest BCUT2D eigenvalue weighted by atomic mass is 10.4. The molecular weight excluding hydrogens is 160 g/mol. The van der Waals surface area contributed by atoms with Gasteiger partial charge in [0.25, 0.3) is 0 Å². The van der Waals surface area contributed by atoms with Gasteiger partial charge < -0.3 is 4.42 Å². The van der Waals surface area contributed by atoms with Crippen LogP contribution >= 0.6 is 11.3 Å². The van der Waals surface area contributed by atoms with Gasteiger partial charge in [-0.25, -0.2) is 9.97 Å². The lowest BCUT2D eigenvalue weighted by molar-refractivity contribution is 0.521. The Kier molecular flexibility index (Phi) is 1.47. The fraction of sp³-hybridized carbons (Fsp3) is 0.143. The van der Waals surface area contributed by atoms with Crippen molar-refractivity contribution < 1.29 is 4.42 Å². The van der Waals surface area contributed by atoms with Crippen LogP contribution in [-0.4, -0.2) is 9.97 Å². The molecule has 2 aromatic rings. The van der Waals surface area contributed by atoms with Crippen molar-refractivity contribution in [2.75, 3.05) is 0 Å². The Bertz CT molecular complexity index is 339. The van der Waals surface area contributed by atoms with Crippen LogP contribution in [0.1, 0.15) is 5.89 Å². The minimum absolute atomic E-state index is 0.660. The molecule has 0 saturated carbocycles. The van der Waals surface area contributed by atoms with Gasteiger partial charge >= 0.3 is 0 Å². The zero-order chi connectivity index (χ0) is 7.68. The fourth-order valence-corrected chi connectivity index (χ4v) is 1.27. The minimum atomic E-state index is 0.660. The fourth-order valence-electron chi connectivity index (χ4n) is 0.783. The van der Waals surface area contributed by atoms with E-state index in [4.69, 9.17) is 4.42 Å². The summed E-state index contributed by atoms with van der Waals surface area (Å²) in [6, 6.07) is 0. The Labute approximate surface area is 67.7 Å². The van der Waals surface area contributed by atoms with Crippen molar-refractivity contribution in [3.05, 3.63) is 23.0 Å². The van der Waals surface area contributed by atoms with Gasteiger partial charge in [0, 0.05) is 12.3 Å². The quantitative estimate of drug-likeness (QED) is 0.647. The summed E-state index contributed by atoms with van der Waals surface area (Å²) in [5, 5.41) is 1.89. The predicted octanol–water partition coefficient (Wildman–Crippen LogP) is 1.91. The first-order chi connectivity index (χ1) is 5.36. The lowest BCUT2D eigenvalue weighted by Crippen LogP contribution is -1.75. The van der Waals surface area contributed by atoms with Crippen LogP contribution in [-0.2, 0) is 0 Å². The van der Waals surface area contributed by atoms with Gasteiger partial charge in [-0.2, -0.15) is 0 Å². The number of thiazole rings is 1. The van der Waals surface area contributed by atoms with E-state index in [1.807, 2.05) is 5.38 Å². The summed E-state index contributed by atoms with van der Waals surface area (Å²) in [7, 11) is 0. The average Bonchev–Trinajstić information content (AvgIpc) is 2.55. The third-order valence-electron chi connectivity index (χ3n) is 1.27. The molecule has 0 atom stereocenters. The highest BCUT2D eigenvalue weighted by Crippen LogP contribution is 2.16. The molecule has 11 heavy (non-hydrogen) atoms. The van der Waals surface area contributed by atoms with E-state index < -0.39 is 0 Å². The van der Waals surface area contributed by atoms with E-state index in [0.717, 1.165) is 11.4 Å². The zero-order valence-electron chi connectivity index (χ0n) is 5.87. The third kappa shape index (κ3) is 1.17. The molecule has 0 fully saturated rings. The molecule has 0 spiro atoms. The van der Waals surface area contributed by atoms with Crippen molar-refractivity contribution in [1.82, 2.24) is 9.97 Å². The summed E-state index contributed by atoms with van der Waals surface area (Å²) in [4.78, 5) is 8.08. The zero-order valence-corrected chi connectivity index (χ0v) is 6.68. The van der Waals surface area contributed by atoms with Crippen molar-refractivity contribution >= 4 is 11.3 Å². The molecule has 0 saturated heterocycles. The Hall–Kier alpha value is -1.16. The van der Waals surface area contributed by atoms with E-state index in [-0.39, 0.29) is 0 Å². The molecule has 2 rings (SSSR count). The van der Waals surface area contributed by atoms with Crippen LogP contribution in [0.25, 0.3) is 11.4 Å². The van der Waals surface area contributed by atoms with Crippen molar-refractivity contribution in [3.63, 3.8) is 0 Å². The van der Waals surface area contributed by atoms with Gasteiger partial charge in [0.1, 0.15) is 17.7 Å². The summed E-state index contributed by atoms with van der Waals surface area (Å²) in [5.74, 6) is 0.660. The molecule has 2 aromatic heterocycles. The van der Waals surface area contributed by atoms with Gasteiger partial charge in [-0.3, -0.25) is 0 Å². The molecule has 0 aliphatic carbocycles. The van der Waals surface area contributed by atoms with Crippen molar-refractivity contribution in [1.29, 1.82) is 0 Å². The van der Waals surface area contributed by atoms with Gasteiger partial charge in [-0.05, 0) is 0 Å². The van der Waals surface area contributed by atoms with Crippen molar-refractivity contribution in [3.8, 4) is 11.4 Å². The van der Waals surface area contributed by atoms with Gasteiger partial charge in [-0.1, -0.05) is 0 Å². The smallest absolute Gasteiger partial charge is 0.191 e. The van der Waals surface area contributed by atoms with E-state index in [0.29, 0.717) is 5.89 Å². The molecule has 0 aliphatic heterocycles. The maximum atomic E-state index is 5.03. The molecule has 0 N–H and O–H groups in total. The van der Waals surface area contributed by atoms with E-state index in [2.05, 4.69) is 15.5 Å². The van der Waals surface area contributed by atoms with Crippen LogP contribution in [0.5, 0.6) is 0 Å². The van der Waals surface area contributed by atoms with Crippen LogP contribution in [0.3, 0.4) is 0 Å². The highest BCUT2D eigenvalue weighted by molar-refractivity contribution is 7.07. The Morgan fingerprint density at radius 3 is 3.00 bits per heavy atom. The summed E-state index contributed by atoms with van der Waals surface area (Å²) >= 11 is 1.43. The van der Waals surface area contributed by atoms with Crippen molar-refractivity contribution in [2.45, 2.75) is 6.92 Å². The maximum Gasteiger partial charge on any atom is 0.191 e. The van der Waals surface area contributed by atoms with Crippen LogP contribution in [0.4, 0.5) is 0 Å². The number of aryl methyl sites for hydroxylation is 1. The summed E-state index contributed by atoms with van der Waals surface area (Å²) in [6.07, 6.45) is 1.60. The van der Waals surface area contributed by atoms with E-state index in [1.165, 1.54) is 11.3 Å². The Morgan fingerprint density at radius 2 is 2.45 bits per heavy atom. The molecule has 55 valence electrons. The molecule has 0 unspecified atom stereocenters. The summed E-state index contributed by atoms with van der Waals surface area (Å²) < 4.78 is 5.03. The number of oxazole rings is 1. The number of hydrogen-bond donors (Lipinski definition) is 0. The summed E-state index contributed by atoms with van der Waals surface area (Å²) in [5.41, 5.74) is 4.35. The monoisotopic (exact) mass is 165 g/mol. The number of hydrogen-bond acceptors (Lipinski definition) is 4. The number of nitrogens with zero attached hydrogens (tertiary/aromatic N) is 2. The van der Waals surface area contributed by atoms with Crippen molar-refractivity contribution in [2.24, 2.45) is 0 Å². The number of aromatic nitrogens is 2. The summed E-state index contributed by atoms with van der Waals surface area (Å²) in [6.45, 7) is 1.81. The molecule has 0 amide bonds. The highest BCUT2D eigenvalue weighted by atomic mass is 32.1. The van der Waals surface area contributed by atoms with Gasteiger partial charge in [0.2, 0.25) is 0 Å². The van der Waals surface area contributed by atoms with Crippen LogP contribution in [0, 0.1) is 12.4 Å². The maximum absolute atomic E-state index is 5.03. The van der Waals surface area contributed by atoms with Crippen LogP contribution in [0.2, 0.25) is 0 Å². The first kappa shape index (κ1) is 6.54.